The Labute approximate surface area is 168 Å². The molecular weight excluding hydrogens is 350 g/mol. The highest BCUT2D eigenvalue weighted by atomic mass is 16.2. The lowest BCUT2D eigenvalue weighted by Crippen LogP contribution is -2.46. The third-order valence-electron chi connectivity index (χ3n) is 6.50. The summed E-state index contributed by atoms with van der Waals surface area (Å²) < 4.78 is 0. The third-order valence-corrected chi connectivity index (χ3v) is 6.50. The van der Waals surface area contributed by atoms with Gasteiger partial charge < -0.3 is 9.80 Å². The van der Waals surface area contributed by atoms with E-state index in [1.807, 2.05) is 34.1 Å². The van der Waals surface area contributed by atoms with E-state index in [4.69, 9.17) is 0 Å². The highest BCUT2D eigenvalue weighted by Gasteiger charge is 2.33. The van der Waals surface area contributed by atoms with Crippen LogP contribution in [-0.2, 0) is 4.79 Å². The topological polar surface area (TPSA) is 43.9 Å². The van der Waals surface area contributed by atoms with Crippen molar-refractivity contribution in [1.29, 1.82) is 0 Å². The number of rotatable bonds is 5. The largest absolute Gasteiger partial charge is 0.337 e. The number of amides is 2. The van der Waals surface area contributed by atoms with E-state index in [-0.39, 0.29) is 11.8 Å². The van der Waals surface area contributed by atoms with Crippen LogP contribution in [0.3, 0.4) is 0 Å². The monoisotopic (exact) mass is 383 g/mol. The van der Waals surface area contributed by atoms with Gasteiger partial charge in [0.2, 0.25) is 5.91 Å². The number of hydrogen-bond donors (Lipinski definition) is 0. The molecule has 1 aliphatic carbocycles. The lowest BCUT2D eigenvalue weighted by molar-refractivity contribution is -0.117. The van der Waals surface area contributed by atoms with Crippen LogP contribution in [0.15, 0.2) is 24.3 Å². The van der Waals surface area contributed by atoms with Gasteiger partial charge in [-0.25, -0.2) is 0 Å². The zero-order valence-electron chi connectivity index (χ0n) is 17.3. The number of carbonyl (C=O) groups excluding carboxylic acids is 2. The van der Waals surface area contributed by atoms with E-state index >= 15 is 0 Å². The van der Waals surface area contributed by atoms with Gasteiger partial charge >= 0.3 is 0 Å². The highest BCUT2D eigenvalue weighted by molar-refractivity contribution is 5.97. The van der Waals surface area contributed by atoms with Crippen LogP contribution in [0.4, 0.5) is 5.69 Å². The SMILES string of the molecule is CC(C)C1CN(C(=O)c2ccc(N3CCCC3=O)cc2)CCCN1CC1CC1. The molecule has 1 saturated carbocycles. The fourth-order valence-electron chi connectivity index (χ4n) is 4.63. The maximum absolute atomic E-state index is 13.2. The van der Waals surface area contributed by atoms with Crippen LogP contribution >= 0.6 is 0 Å². The van der Waals surface area contributed by atoms with E-state index in [1.54, 1.807) is 0 Å². The molecule has 3 aliphatic rings. The van der Waals surface area contributed by atoms with Gasteiger partial charge in [-0.15, -0.1) is 0 Å². The molecule has 2 saturated heterocycles. The molecule has 3 fully saturated rings. The van der Waals surface area contributed by atoms with Crippen molar-refractivity contribution in [3.63, 3.8) is 0 Å². The lowest BCUT2D eigenvalue weighted by Gasteiger charge is -2.34. The molecule has 0 N–H and O–H groups in total. The summed E-state index contributed by atoms with van der Waals surface area (Å²) in [6.07, 6.45) is 5.33. The molecule has 1 atom stereocenters. The standard InChI is InChI=1S/C23H33N3O2/c1-17(2)21-16-25(13-4-12-24(21)15-18-6-7-18)23(28)19-8-10-20(11-9-19)26-14-3-5-22(26)27/h8-11,17-18,21H,3-7,12-16H2,1-2H3. The Bertz CT molecular complexity index is 711. The molecule has 0 spiro atoms. The number of benzene rings is 1. The Morgan fingerprint density at radius 1 is 1.07 bits per heavy atom. The third kappa shape index (κ3) is 4.24. The van der Waals surface area contributed by atoms with Crippen molar-refractivity contribution in [3.8, 4) is 0 Å². The van der Waals surface area contributed by atoms with Crippen LogP contribution in [0.2, 0.25) is 0 Å². The summed E-state index contributed by atoms with van der Waals surface area (Å²) >= 11 is 0. The van der Waals surface area contributed by atoms with Crippen molar-refractivity contribution in [2.75, 3.05) is 37.6 Å². The summed E-state index contributed by atoms with van der Waals surface area (Å²) in [5, 5.41) is 0. The quantitative estimate of drug-likeness (QED) is 0.783. The first-order valence-electron chi connectivity index (χ1n) is 11.0. The van der Waals surface area contributed by atoms with Crippen LogP contribution in [0.5, 0.6) is 0 Å². The van der Waals surface area contributed by atoms with Gasteiger partial charge in [-0.05, 0) is 61.8 Å². The zero-order chi connectivity index (χ0) is 19.7. The van der Waals surface area contributed by atoms with Crippen molar-refractivity contribution < 1.29 is 9.59 Å². The summed E-state index contributed by atoms with van der Waals surface area (Å²) in [5.41, 5.74) is 1.64. The van der Waals surface area contributed by atoms with Gasteiger partial charge in [0.05, 0.1) is 0 Å². The number of hydrogen-bond acceptors (Lipinski definition) is 3. The minimum absolute atomic E-state index is 0.123. The van der Waals surface area contributed by atoms with Gasteiger partial charge in [-0.1, -0.05) is 13.8 Å². The summed E-state index contributed by atoms with van der Waals surface area (Å²) in [4.78, 5) is 31.6. The van der Waals surface area contributed by atoms with Gasteiger partial charge in [0, 0.05) is 56.4 Å². The normalized spacial score (nSPS) is 24.1. The fraction of sp³-hybridized carbons (Fsp3) is 0.652. The number of nitrogens with zero attached hydrogens (tertiary/aromatic N) is 3. The lowest BCUT2D eigenvalue weighted by atomic mass is 10.0. The molecule has 5 heteroatoms. The summed E-state index contributed by atoms with van der Waals surface area (Å²) in [5.74, 6) is 1.72. The van der Waals surface area contributed by atoms with E-state index in [9.17, 15) is 9.59 Å². The van der Waals surface area contributed by atoms with Crippen LogP contribution in [0.1, 0.15) is 56.3 Å². The van der Waals surface area contributed by atoms with Crippen LogP contribution in [0.25, 0.3) is 0 Å². The second-order valence-corrected chi connectivity index (χ2v) is 9.05. The van der Waals surface area contributed by atoms with Crippen molar-refractivity contribution >= 4 is 17.5 Å². The fourth-order valence-corrected chi connectivity index (χ4v) is 4.63. The highest BCUT2D eigenvalue weighted by Crippen LogP contribution is 2.32. The molecule has 2 amide bonds. The minimum Gasteiger partial charge on any atom is -0.337 e. The van der Waals surface area contributed by atoms with Crippen LogP contribution in [0, 0.1) is 11.8 Å². The molecular formula is C23H33N3O2. The first-order valence-corrected chi connectivity index (χ1v) is 11.0. The molecule has 4 rings (SSSR count). The Morgan fingerprint density at radius 2 is 1.82 bits per heavy atom. The maximum Gasteiger partial charge on any atom is 0.253 e. The van der Waals surface area contributed by atoms with E-state index in [0.717, 1.165) is 56.2 Å². The van der Waals surface area contributed by atoms with Gasteiger partial charge in [-0.2, -0.15) is 0 Å². The summed E-state index contributed by atoms with van der Waals surface area (Å²) in [7, 11) is 0. The molecule has 28 heavy (non-hydrogen) atoms. The molecule has 2 aliphatic heterocycles. The second kappa shape index (κ2) is 8.24. The first kappa shape index (κ1) is 19.4. The molecule has 5 nitrogen and oxygen atoms in total. The Balaban J connectivity index is 1.45. The molecule has 1 aromatic rings. The zero-order valence-corrected chi connectivity index (χ0v) is 17.3. The molecule has 0 bridgehead atoms. The second-order valence-electron chi connectivity index (χ2n) is 9.05. The van der Waals surface area contributed by atoms with E-state index in [2.05, 4.69) is 18.7 Å². The molecule has 1 unspecified atom stereocenters. The summed E-state index contributed by atoms with van der Waals surface area (Å²) in [6, 6.07) is 8.07. The molecule has 0 aromatic heterocycles. The predicted molar refractivity (Wildman–Crippen MR) is 111 cm³/mol. The summed E-state index contributed by atoms with van der Waals surface area (Å²) in [6.45, 7) is 9.28. The van der Waals surface area contributed by atoms with Crippen LogP contribution < -0.4 is 4.90 Å². The Morgan fingerprint density at radius 3 is 2.43 bits per heavy atom. The first-order chi connectivity index (χ1) is 13.5. The average molecular weight is 384 g/mol. The van der Waals surface area contributed by atoms with Crippen molar-refractivity contribution in [2.24, 2.45) is 11.8 Å². The van der Waals surface area contributed by atoms with Crippen molar-refractivity contribution in [1.82, 2.24) is 9.80 Å². The van der Waals surface area contributed by atoms with E-state index in [1.165, 1.54) is 19.4 Å². The van der Waals surface area contributed by atoms with Crippen molar-refractivity contribution in [3.05, 3.63) is 29.8 Å². The maximum atomic E-state index is 13.2. The van der Waals surface area contributed by atoms with Gasteiger partial charge in [0.15, 0.2) is 0 Å². The smallest absolute Gasteiger partial charge is 0.253 e. The van der Waals surface area contributed by atoms with E-state index < -0.39 is 0 Å². The van der Waals surface area contributed by atoms with Gasteiger partial charge in [0.1, 0.15) is 0 Å². The van der Waals surface area contributed by atoms with Gasteiger partial charge in [0.25, 0.3) is 5.91 Å². The van der Waals surface area contributed by atoms with Crippen LogP contribution in [-0.4, -0.2) is 60.4 Å². The number of carbonyl (C=O) groups is 2. The Hall–Kier alpha value is -1.88. The van der Waals surface area contributed by atoms with Crippen molar-refractivity contribution in [2.45, 2.75) is 52.0 Å². The predicted octanol–water partition coefficient (Wildman–Crippen LogP) is 3.40. The minimum atomic E-state index is 0.123. The Kier molecular flexibility index (Phi) is 5.72. The average Bonchev–Trinajstić information content (AvgIpc) is 3.44. The van der Waals surface area contributed by atoms with E-state index in [0.29, 0.717) is 18.4 Å². The van der Waals surface area contributed by atoms with Gasteiger partial charge in [-0.3, -0.25) is 14.5 Å². The molecule has 1 aromatic carbocycles. The molecule has 0 radical (unpaired) electrons. The molecule has 2 heterocycles. The number of anilines is 1. The molecule has 152 valence electrons.